The molecule has 4 nitrogen and oxygen atoms in total. The lowest BCUT2D eigenvalue weighted by atomic mass is 10.1. The normalized spacial score (nSPS) is 16.8. The van der Waals surface area contributed by atoms with Crippen LogP contribution in [-0.4, -0.2) is 21.1 Å². The Bertz CT molecular complexity index is 580. The fourth-order valence-corrected chi connectivity index (χ4v) is 2.94. The molecule has 88 valence electrons. The van der Waals surface area contributed by atoms with E-state index in [0.29, 0.717) is 10.9 Å². The van der Waals surface area contributed by atoms with Gasteiger partial charge in [0.15, 0.2) is 0 Å². The Balaban J connectivity index is 2.17. The van der Waals surface area contributed by atoms with Gasteiger partial charge in [0.25, 0.3) is 0 Å². The van der Waals surface area contributed by atoms with Crippen molar-refractivity contribution in [2.45, 2.75) is 19.3 Å². The van der Waals surface area contributed by atoms with Crippen molar-refractivity contribution >= 4 is 45.9 Å². The molecule has 0 amide bonds. The average Bonchev–Trinajstić information content (AvgIpc) is 2.79. The van der Waals surface area contributed by atoms with Gasteiger partial charge in [0.05, 0.1) is 22.4 Å². The predicted octanol–water partition coefficient (Wildman–Crippen LogP) is 3.31. The van der Waals surface area contributed by atoms with E-state index in [2.05, 4.69) is 8.75 Å². The Morgan fingerprint density at radius 3 is 3.00 bits per heavy atom. The van der Waals surface area contributed by atoms with Crippen LogP contribution in [0.3, 0.4) is 0 Å². The Hall–Kier alpha value is -1.20. The highest BCUT2D eigenvalue weighted by Gasteiger charge is 2.22. The minimum absolute atomic E-state index is 0.624. The molecular formula is C11H11ClN4S. The number of halogens is 1. The molecule has 2 aromatic rings. The molecule has 1 aromatic heterocycles. The van der Waals surface area contributed by atoms with Gasteiger partial charge in [-0.05, 0) is 25.0 Å². The van der Waals surface area contributed by atoms with Gasteiger partial charge in [-0.2, -0.15) is 8.75 Å². The molecular weight excluding hydrogens is 256 g/mol. The maximum Gasteiger partial charge on any atom is 0.130 e. The molecule has 3 rings (SSSR count). The van der Waals surface area contributed by atoms with Crippen LogP contribution in [-0.2, 0) is 0 Å². The van der Waals surface area contributed by atoms with E-state index in [4.69, 9.17) is 17.0 Å². The van der Waals surface area contributed by atoms with Crippen molar-refractivity contribution in [1.82, 2.24) is 8.75 Å². The van der Waals surface area contributed by atoms with Crippen LogP contribution in [0.1, 0.15) is 19.3 Å². The first-order valence-electron chi connectivity index (χ1n) is 5.53. The zero-order valence-corrected chi connectivity index (χ0v) is 10.7. The molecule has 0 bridgehead atoms. The number of aromatic nitrogens is 2. The maximum absolute atomic E-state index is 8.03. The van der Waals surface area contributed by atoms with Crippen LogP contribution in [0, 0.1) is 5.41 Å². The number of amidine groups is 1. The molecule has 0 saturated carbocycles. The summed E-state index contributed by atoms with van der Waals surface area (Å²) in [7, 11) is 0. The number of hydrogen-bond acceptors (Lipinski definition) is 4. The molecule has 1 aliphatic rings. The fraction of sp³-hybridized carbons (Fsp3) is 0.364. The van der Waals surface area contributed by atoms with Gasteiger partial charge in [0.1, 0.15) is 16.9 Å². The monoisotopic (exact) mass is 266 g/mol. The molecule has 6 heteroatoms. The summed E-state index contributed by atoms with van der Waals surface area (Å²) in [6, 6.07) is 3.71. The fourth-order valence-electron chi connectivity index (χ4n) is 2.15. The third kappa shape index (κ3) is 1.79. The largest absolute Gasteiger partial charge is 0.327 e. The van der Waals surface area contributed by atoms with Crippen molar-refractivity contribution < 1.29 is 0 Å². The van der Waals surface area contributed by atoms with Crippen molar-refractivity contribution in [1.29, 1.82) is 5.41 Å². The molecule has 0 unspecified atom stereocenters. The van der Waals surface area contributed by atoms with E-state index in [1.165, 1.54) is 11.7 Å². The summed E-state index contributed by atoms with van der Waals surface area (Å²) in [5.41, 5.74) is 2.52. The minimum atomic E-state index is 0.624. The predicted molar refractivity (Wildman–Crippen MR) is 71.3 cm³/mol. The van der Waals surface area contributed by atoms with Gasteiger partial charge in [0.2, 0.25) is 0 Å². The van der Waals surface area contributed by atoms with Crippen LogP contribution in [0.25, 0.3) is 11.0 Å². The highest BCUT2D eigenvalue weighted by atomic mass is 35.5. The Morgan fingerprint density at radius 2 is 2.18 bits per heavy atom. The van der Waals surface area contributed by atoms with Crippen molar-refractivity contribution in [3.8, 4) is 0 Å². The minimum Gasteiger partial charge on any atom is -0.327 e. The molecule has 0 radical (unpaired) electrons. The molecule has 0 atom stereocenters. The van der Waals surface area contributed by atoms with Crippen LogP contribution in [0.5, 0.6) is 0 Å². The molecule has 17 heavy (non-hydrogen) atoms. The molecule has 1 saturated heterocycles. The summed E-state index contributed by atoms with van der Waals surface area (Å²) in [5.74, 6) is 0.624. The Morgan fingerprint density at radius 1 is 1.29 bits per heavy atom. The SMILES string of the molecule is N=C1CCCCN1c1c(Cl)ccc2nsnc12. The number of piperidine rings is 1. The smallest absolute Gasteiger partial charge is 0.130 e. The first-order valence-corrected chi connectivity index (χ1v) is 6.64. The first kappa shape index (κ1) is 10.9. The van der Waals surface area contributed by atoms with Crippen molar-refractivity contribution in [3.05, 3.63) is 17.2 Å². The summed E-state index contributed by atoms with van der Waals surface area (Å²) in [5, 5.41) is 8.68. The number of hydrogen-bond donors (Lipinski definition) is 1. The van der Waals surface area contributed by atoms with Crippen molar-refractivity contribution in [3.63, 3.8) is 0 Å². The topological polar surface area (TPSA) is 52.9 Å². The number of nitrogens with one attached hydrogen (secondary N) is 1. The highest BCUT2D eigenvalue weighted by Crippen LogP contribution is 2.35. The van der Waals surface area contributed by atoms with E-state index in [0.717, 1.165) is 42.5 Å². The lowest BCUT2D eigenvalue weighted by molar-refractivity contribution is 0.708. The van der Waals surface area contributed by atoms with Gasteiger partial charge >= 0.3 is 0 Å². The maximum atomic E-state index is 8.03. The highest BCUT2D eigenvalue weighted by molar-refractivity contribution is 7.00. The van der Waals surface area contributed by atoms with Crippen LogP contribution in [0.2, 0.25) is 5.02 Å². The van der Waals surface area contributed by atoms with Gasteiger partial charge in [0, 0.05) is 13.0 Å². The molecule has 1 aromatic carbocycles. The molecule has 0 aliphatic carbocycles. The lowest BCUT2D eigenvalue weighted by Gasteiger charge is -2.30. The molecule has 2 heterocycles. The molecule has 1 N–H and O–H groups in total. The zero-order chi connectivity index (χ0) is 11.8. The van der Waals surface area contributed by atoms with Crippen molar-refractivity contribution in [2.75, 3.05) is 11.4 Å². The molecule has 0 spiro atoms. The summed E-state index contributed by atoms with van der Waals surface area (Å²) in [6.45, 7) is 0.842. The van der Waals surface area contributed by atoms with E-state index in [-0.39, 0.29) is 0 Å². The lowest BCUT2D eigenvalue weighted by Crippen LogP contribution is -2.35. The van der Waals surface area contributed by atoms with Crippen LogP contribution in [0.15, 0.2) is 12.1 Å². The third-order valence-electron chi connectivity index (χ3n) is 2.99. The summed E-state index contributed by atoms with van der Waals surface area (Å²) < 4.78 is 8.51. The Kier molecular flexibility index (Phi) is 2.72. The van der Waals surface area contributed by atoms with Gasteiger partial charge in [-0.15, -0.1) is 0 Å². The van der Waals surface area contributed by atoms with E-state index in [1.807, 2.05) is 17.0 Å². The Labute approximate surface area is 108 Å². The molecule has 1 aliphatic heterocycles. The second-order valence-electron chi connectivity index (χ2n) is 4.08. The van der Waals surface area contributed by atoms with E-state index in [1.54, 1.807) is 0 Å². The molecule has 1 fully saturated rings. The average molecular weight is 267 g/mol. The van der Waals surface area contributed by atoms with Crippen LogP contribution < -0.4 is 4.90 Å². The summed E-state index contributed by atoms with van der Waals surface area (Å²) in [4.78, 5) is 1.97. The number of benzene rings is 1. The summed E-state index contributed by atoms with van der Waals surface area (Å²) >= 11 is 7.44. The zero-order valence-electron chi connectivity index (χ0n) is 9.11. The van der Waals surface area contributed by atoms with E-state index >= 15 is 0 Å². The quantitative estimate of drug-likeness (QED) is 0.862. The second kappa shape index (κ2) is 4.23. The third-order valence-corrected chi connectivity index (χ3v) is 3.84. The van der Waals surface area contributed by atoms with Gasteiger partial charge in [-0.25, -0.2) is 0 Å². The van der Waals surface area contributed by atoms with Crippen LogP contribution >= 0.6 is 23.3 Å². The second-order valence-corrected chi connectivity index (χ2v) is 5.02. The number of rotatable bonds is 1. The first-order chi connectivity index (χ1) is 8.27. The van der Waals surface area contributed by atoms with E-state index in [9.17, 15) is 0 Å². The number of fused-ring (bicyclic) bond motifs is 1. The van der Waals surface area contributed by atoms with Gasteiger partial charge in [-0.3, -0.25) is 5.41 Å². The van der Waals surface area contributed by atoms with Crippen molar-refractivity contribution in [2.24, 2.45) is 0 Å². The summed E-state index contributed by atoms with van der Waals surface area (Å²) in [6.07, 6.45) is 2.98. The standard InChI is InChI=1S/C11H11ClN4S/c12-7-4-5-8-10(15-17-14-8)11(7)16-6-2-1-3-9(16)13/h4-5,13H,1-3,6H2. The van der Waals surface area contributed by atoms with Crippen LogP contribution in [0.4, 0.5) is 5.69 Å². The van der Waals surface area contributed by atoms with Gasteiger partial charge in [-0.1, -0.05) is 11.6 Å². The number of nitrogens with zero attached hydrogens (tertiary/aromatic N) is 3. The van der Waals surface area contributed by atoms with E-state index < -0.39 is 0 Å². The number of anilines is 1. The van der Waals surface area contributed by atoms with Gasteiger partial charge < -0.3 is 4.90 Å².